The summed E-state index contributed by atoms with van der Waals surface area (Å²) in [5, 5.41) is 10.7. The highest BCUT2D eigenvalue weighted by Gasteiger charge is 2.19. The zero-order valence-electron chi connectivity index (χ0n) is 15.9. The molecule has 0 fully saturated rings. The topological polar surface area (TPSA) is 34.1 Å². The molecular formula is C28H14O2. The van der Waals surface area contributed by atoms with E-state index in [9.17, 15) is 9.59 Å². The summed E-state index contributed by atoms with van der Waals surface area (Å²) in [6.07, 6.45) is 0. The van der Waals surface area contributed by atoms with Crippen LogP contribution in [0.3, 0.4) is 0 Å². The lowest BCUT2D eigenvalue weighted by molar-refractivity contribution is 1.79. The predicted molar refractivity (Wildman–Crippen MR) is 126 cm³/mol. The average molecular weight is 382 g/mol. The normalized spacial score (nSPS) is 12.3. The van der Waals surface area contributed by atoms with E-state index < -0.39 is 0 Å². The van der Waals surface area contributed by atoms with Crippen LogP contribution in [-0.2, 0) is 0 Å². The van der Waals surface area contributed by atoms with Crippen LogP contribution in [0.15, 0.2) is 94.5 Å². The van der Waals surface area contributed by atoms with Crippen molar-refractivity contribution in [1.82, 2.24) is 0 Å². The maximum absolute atomic E-state index is 13.6. The van der Waals surface area contributed by atoms with E-state index in [0.29, 0.717) is 16.2 Å². The maximum atomic E-state index is 13.6. The van der Waals surface area contributed by atoms with Crippen molar-refractivity contribution >= 4 is 64.6 Å². The van der Waals surface area contributed by atoms with Crippen LogP contribution < -0.4 is 10.9 Å². The van der Waals surface area contributed by atoms with Crippen molar-refractivity contribution in [2.45, 2.75) is 0 Å². The summed E-state index contributed by atoms with van der Waals surface area (Å²) < 4.78 is 0. The van der Waals surface area contributed by atoms with Gasteiger partial charge in [0.1, 0.15) is 0 Å². The summed E-state index contributed by atoms with van der Waals surface area (Å²) in [6.45, 7) is 0. The van der Waals surface area contributed by atoms with Crippen LogP contribution in [0.2, 0.25) is 0 Å². The first kappa shape index (κ1) is 15.8. The van der Waals surface area contributed by atoms with Crippen molar-refractivity contribution in [1.29, 1.82) is 0 Å². The molecule has 0 aromatic heterocycles. The zero-order valence-corrected chi connectivity index (χ0v) is 15.9. The van der Waals surface area contributed by atoms with Gasteiger partial charge in [0.15, 0.2) is 10.9 Å². The Morgan fingerprint density at radius 3 is 1.90 bits per heavy atom. The molecule has 0 aliphatic rings. The Balaban J connectivity index is 1.77. The molecule has 0 heterocycles. The van der Waals surface area contributed by atoms with E-state index in [4.69, 9.17) is 0 Å². The smallest absolute Gasteiger partial charge is 0.194 e. The molecule has 0 bridgehead atoms. The van der Waals surface area contributed by atoms with E-state index in [1.54, 1.807) is 0 Å². The fraction of sp³-hybridized carbons (Fsp3) is 0. The van der Waals surface area contributed by atoms with Crippen molar-refractivity contribution in [2.24, 2.45) is 0 Å². The van der Waals surface area contributed by atoms with E-state index >= 15 is 0 Å². The average Bonchev–Trinajstić information content (AvgIpc) is 3.24. The van der Waals surface area contributed by atoms with Gasteiger partial charge in [0.2, 0.25) is 0 Å². The molecule has 2 heteroatoms. The molecule has 0 saturated heterocycles. The highest BCUT2D eigenvalue weighted by Crippen LogP contribution is 2.36. The van der Waals surface area contributed by atoms with Crippen LogP contribution in [0.25, 0.3) is 64.6 Å². The molecule has 0 aliphatic heterocycles. The Morgan fingerprint density at radius 1 is 0.367 bits per heavy atom. The Bertz CT molecular complexity index is 1930. The lowest BCUT2D eigenvalue weighted by Crippen LogP contribution is -1.96. The largest absolute Gasteiger partial charge is 0.289 e. The molecule has 0 amide bonds. The molecule has 138 valence electrons. The number of hydrogen-bond donors (Lipinski definition) is 0. The van der Waals surface area contributed by atoms with E-state index in [1.807, 2.05) is 54.6 Å². The summed E-state index contributed by atoms with van der Waals surface area (Å²) in [5.41, 5.74) is 0.0134. The highest BCUT2D eigenvalue weighted by molar-refractivity contribution is 6.30. The third-order valence-corrected chi connectivity index (χ3v) is 6.54. The van der Waals surface area contributed by atoms with Crippen molar-refractivity contribution in [3.63, 3.8) is 0 Å². The van der Waals surface area contributed by atoms with Gasteiger partial charge >= 0.3 is 0 Å². The SMILES string of the molecule is O=c1c2ccccc2c2c1ccc1c3cc4ccc5ccccc5c4cc3c(=O)c12. The summed E-state index contributed by atoms with van der Waals surface area (Å²) >= 11 is 0. The lowest BCUT2D eigenvalue weighted by Gasteiger charge is -2.04. The van der Waals surface area contributed by atoms with Gasteiger partial charge in [0.05, 0.1) is 0 Å². The van der Waals surface area contributed by atoms with Crippen LogP contribution in [0, 0.1) is 0 Å². The summed E-state index contributed by atoms with van der Waals surface area (Å²) in [4.78, 5) is 26.5. The van der Waals surface area contributed by atoms with Gasteiger partial charge in [-0.25, -0.2) is 0 Å². The first-order chi connectivity index (χ1) is 14.7. The van der Waals surface area contributed by atoms with E-state index in [1.165, 1.54) is 0 Å². The van der Waals surface area contributed by atoms with Gasteiger partial charge in [0, 0.05) is 26.9 Å². The summed E-state index contributed by atoms with van der Waals surface area (Å²) in [5.74, 6) is 0. The second-order valence-electron chi connectivity index (χ2n) is 8.02. The maximum Gasteiger partial charge on any atom is 0.194 e. The Hall–Kier alpha value is -4.04. The molecule has 7 aromatic rings. The molecule has 0 aliphatic carbocycles. The van der Waals surface area contributed by atoms with Crippen LogP contribution in [0.4, 0.5) is 0 Å². The molecule has 7 aromatic carbocycles. The van der Waals surface area contributed by atoms with Gasteiger partial charge in [-0.15, -0.1) is 0 Å². The zero-order chi connectivity index (χ0) is 20.0. The van der Waals surface area contributed by atoms with Gasteiger partial charge in [0.25, 0.3) is 0 Å². The molecule has 7 rings (SSSR count). The fourth-order valence-corrected chi connectivity index (χ4v) is 5.18. The van der Waals surface area contributed by atoms with Crippen molar-refractivity contribution in [2.75, 3.05) is 0 Å². The van der Waals surface area contributed by atoms with Gasteiger partial charge in [-0.1, -0.05) is 66.7 Å². The van der Waals surface area contributed by atoms with Crippen LogP contribution >= 0.6 is 0 Å². The van der Waals surface area contributed by atoms with Crippen molar-refractivity contribution in [3.8, 4) is 0 Å². The highest BCUT2D eigenvalue weighted by atomic mass is 16.1. The molecule has 0 spiro atoms. The number of hydrogen-bond acceptors (Lipinski definition) is 2. The third kappa shape index (κ3) is 1.79. The number of benzene rings is 5. The lowest BCUT2D eigenvalue weighted by atomic mass is 9.99. The first-order valence-corrected chi connectivity index (χ1v) is 10.0. The number of fused-ring (bicyclic) bond motifs is 10. The molecular weight excluding hydrogens is 368 g/mol. The molecule has 30 heavy (non-hydrogen) atoms. The molecule has 0 N–H and O–H groups in total. The first-order valence-electron chi connectivity index (χ1n) is 10.0. The predicted octanol–water partition coefficient (Wildman–Crippen LogP) is 6.20. The van der Waals surface area contributed by atoms with E-state index in [-0.39, 0.29) is 10.9 Å². The van der Waals surface area contributed by atoms with Gasteiger partial charge in [-0.3, -0.25) is 9.59 Å². The monoisotopic (exact) mass is 382 g/mol. The second kappa shape index (κ2) is 5.31. The Labute approximate surface area is 170 Å². The minimum Gasteiger partial charge on any atom is -0.289 e. The van der Waals surface area contributed by atoms with Crippen LogP contribution in [0.5, 0.6) is 0 Å². The van der Waals surface area contributed by atoms with Crippen molar-refractivity contribution in [3.05, 3.63) is 105 Å². The quantitative estimate of drug-likeness (QED) is 0.293. The van der Waals surface area contributed by atoms with Crippen molar-refractivity contribution < 1.29 is 0 Å². The Kier molecular flexibility index (Phi) is 2.80. The molecule has 0 saturated carbocycles. The summed E-state index contributed by atoms with van der Waals surface area (Å²) in [6, 6.07) is 28.0. The van der Waals surface area contributed by atoms with Gasteiger partial charge < -0.3 is 0 Å². The number of rotatable bonds is 0. The minimum absolute atomic E-state index is 0.00307. The summed E-state index contributed by atoms with van der Waals surface area (Å²) in [7, 11) is 0. The molecule has 0 radical (unpaired) electrons. The van der Waals surface area contributed by atoms with Crippen LogP contribution in [-0.4, -0.2) is 0 Å². The fourth-order valence-electron chi connectivity index (χ4n) is 5.18. The van der Waals surface area contributed by atoms with E-state index in [2.05, 4.69) is 30.3 Å². The minimum atomic E-state index is 0.00307. The van der Waals surface area contributed by atoms with E-state index in [0.717, 1.165) is 48.5 Å². The molecule has 0 atom stereocenters. The van der Waals surface area contributed by atoms with Crippen LogP contribution in [0.1, 0.15) is 0 Å². The van der Waals surface area contributed by atoms with Gasteiger partial charge in [-0.05, 0) is 55.9 Å². The third-order valence-electron chi connectivity index (χ3n) is 6.54. The molecule has 2 nitrogen and oxygen atoms in total. The standard InChI is InChI=1S/C28H14O2/c29-27-20-8-4-3-7-18(20)25-21(27)12-11-19-23-13-16-10-9-15-5-1-2-6-17(15)22(16)14-24(23)28(30)26(19)25/h1-14H. The second-order valence-corrected chi connectivity index (χ2v) is 8.02. The van der Waals surface area contributed by atoms with Gasteiger partial charge in [-0.2, -0.15) is 0 Å². The Morgan fingerprint density at radius 2 is 1.03 bits per heavy atom. The molecule has 0 unspecified atom stereocenters.